The van der Waals surface area contributed by atoms with E-state index in [4.69, 9.17) is 14.9 Å². The van der Waals surface area contributed by atoms with Gasteiger partial charge in [0, 0.05) is 0 Å². The van der Waals surface area contributed by atoms with Crippen molar-refractivity contribution in [2.45, 2.75) is 6.92 Å². The van der Waals surface area contributed by atoms with E-state index < -0.39 is 17.1 Å². The molecule has 0 atom stereocenters. The normalized spacial score (nSPS) is 8.10. The molecule has 0 aliphatic heterocycles. The van der Waals surface area contributed by atoms with E-state index in [1.54, 1.807) is 6.92 Å². The average Bonchev–Trinajstić information content (AvgIpc) is 2.37. The molecule has 13 heteroatoms. The Hall–Kier alpha value is -0.124. The number of carbonyl (C=O) groups is 2. The summed E-state index contributed by atoms with van der Waals surface area (Å²) in [5.41, 5.74) is 5.85. The van der Waals surface area contributed by atoms with Gasteiger partial charge in [-0.25, -0.2) is 10.6 Å². The van der Waals surface area contributed by atoms with E-state index in [0.29, 0.717) is 0 Å². The molecular weight excluding hydrogens is 351 g/mol. The van der Waals surface area contributed by atoms with E-state index in [9.17, 15) is 9.59 Å². The van der Waals surface area contributed by atoms with Gasteiger partial charge in [-0.15, -0.1) is 0 Å². The number of aliphatic hydroxyl groups is 2. The molecule has 1 amide bonds. The van der Waals surface area contributed by atoms with Gasteiger partial charge in [0.2, 0.25) is 0 Å². The summed E-state index contributed by atoms with van der Waals surface area (Å²) in [6, 6.07) is 0. The molecule has 0 aliphatic carbocycles. The fourth-order valence-electron chi connectivity index (χ4n) is 0.589. The van der Waals surface area contributed by atoms with Crippen molar-refractivity contribution in [1.82, 2.24) is 16.3 Å². The SMILES string of the molecule is CCOC(=O)COCC(=O)NNC(O)=S.NNC(O)=S.[KH]. The second kappa shape index (κ2) is 17.9. The molecule has 0 saturated heterocycles. The van der Waals surface area contributed by atoms with Gasteiger partial charge in [0.1, 0.15) is 13.2 Å². The van der Waals surface area contributed by atoms with Crippen LogP contribution in [0.3, 0.4) is 0 Å². The second-order valence-electron chi connectivity index (χ2n) is 2.73. The fourth-order valence-corrected chi connectivity index (χ4v) is 0.640. The Morgan fingerprint density at radius 3 is 2.05 bits per heavy atom. The Labute approximate surface area is 174 Å². The molecule has 0 saturated carbocycles. The number of amides is 1. The van der Waals surface area contributed by atoms with Crippen molar-refractivity contribution in [3.63, 3.8) is 0 Å². The van der Waals surface area contributed by atoms with E-state index in [0.717, 1.165) is 0 Å². The molecule has 0 radical (unpaired) electrons. The number of carbonyl (C=O) groups excluding carboxylic acids is 2. The molecule has 21 heavy (non-hydrogen) atoms. The van der Waals surface area contributed by atoms with Gasteiger partial charge in [0.25, 0.3) is 16.3 Å². The molecule has 0 unspecified atom stereocenters. The van der Waals surface area contributed by atoms with Crippen LogP contribution in [0.5, 0.6) is 0 Å². The van der Waals surface area contributed by atoms with Gasteiger partial charge in [-0.2, -0.15) is 0 Å². The van der Waals surface area contributed by atoms with Gasteiger partial charge in [-0.3, -0.25) is 21.1 Å². The van der Waals surface area contributed by atoms with Crippen molar-refractivity contribution in [2.75, 3.05) is 19.8 Å². The van der Waals surface area contributed by atoms with Crippen LogP contribution in [0.2, 0.25) is 0 Å². The van der Waals surface area contributed by atoms with Gasteiger partial charge in [-0.05, 0) is 31.4 Å². The standard InChI is InChI=1S/C7H12N2O5S.CH4N2OS.K.H/c1-2-14-6(11)4-13-3-5(10)8-9-7(12)15;2-3-1(4)5;;/h2-4H2,1H3,(H,8,10)(H2,9,12,15);2H2,(H2,3,4,5);;. The van der Waals surface area contributed by atoms with Crippen LogP contribution in [0.25, 0.3) is 0 Å². The van der Waals surface area contributed by atoms with E-state index >= 15 is 0 Å². The number of aliphatic hydroxyl groups excluding tert-OH is 2. The second-order valence-corrected chi connectivity index (χ2v) is 3.50. The van der Waals surface area contributed by atoms with Crippen LogP contribution >= 0.6 is 24.4 Å². The Morgan fingerprint density at radius 1 is 1.14 bits per heavy atom. The molecule has 7 N–H and O–H groups in total. The van der Waals surface area contributed by atoms with Crippen LogP contribution in [-0.4, -0.2) is 104 Å². The Bertz CT molecular complexity index is 347. The summed E-state index contributed by atoms with van der Waals surface area (Å²) >= 11 is 8.23. The Balaban J connectivity index is -0.000000465. The van der Waals surface area contributed by atoms with Gasteiger partial charge < -0.3 is 19.7 Å². The summed E-state index contributed by atoms with van der Waals surface area (Å²) in [4.78, 5) is 21.6. The van der Waals surface area contributed by atoms with Crippen LogP contribution in [-0.2, 0) is 19.1 Å². The van der Waals surface area contributed by atoms with Crippen LogP contribution < -0.4 is 22.1 Å². The quantitative estimate of drug-likeness (QED) is 0.102. The number of rotatable bonds is 5. The summed E-state index contributed by atoms with van der Waals surface area (Å²) in [6.07, 6.45) is 0. The first kappa shape index (κ1) is 25.8. The molecule has 0 spiro atoms. The van der Waals surface area contributed by atoms with Crippen LogP contribution in [0, 0.1) is 0 Å². The number of hydrogen-bond acceptors (Lipinski definition) is 7. The number of hydrogen-bond donors (Lipinski definition) is 6. The van der Waals surface area contributed by atoms with Gasteiger partial charge >= 0.3 is 57.4 Å². The predicted octanol–water partition coefficient (Wildman–Crippen LogP) is -2.33. The summed E-state index contributed by atoms with van der Waals surface area (Å²) in [5.74, 6) is 3.41. The van der Waals surface area contributed by atoms with E-state index in [1.807, 2.05) is 16.3 Å². The van der Waals surface area contributed by atoms with Crippen molar-refractivity contribution in [1.29, 1.82) is 0 Å². The summed E-state index contributed by atoms with van der Waals surface area (Å²) < 4.78 is 9.24. The molecule has 118 valence electrons. The van der Waals surface area contributed by atoms with Crippen molar-refractivity contribution >= 4 is 98.0 Å². The third-order valence-electron chi connectivity index (χ3n) is 1.19. The zero-order chi connectivity index (χ0) is 16.0. The minimum absolute atomic E-state index is 0. The van der Waals surface area contributed by atoms with E-state index in [1.165, 1.54) is 0 Å². The molecule has 10 nitrogen and oxygen atoms in total. The molecule has 0 fully saturated rings. The zero-order valence-corrected chi connectivity index (χ0v) is 12.2. The van der Waals surface area contributed by atoms with Gasteiger partial charge in [0.15, 0.2) is 0 Å². The van der Waals surface area contributed by atoms with Crippen molar-refractivity contribution in [3.05, 3.63) is 0 Å². The van der Waals surface area contributed by atoms with E-state index in [2.05, 4.69) is 35.0 Å². The average molecular weight is 368 g/mol. The molecule has 0 aromatic heterocycles. The molecular formula is C8H17KN4O6S2. The van der Waals surface area contributed by atoms with Gasteiger partial charge in [-0.1, -0.05) is 0 Å². The third-order valence-corrected chi connectivity index (χ3v) is 1.41. The molecule has 0 rings (SSSR count). The maximum atomic E-state index is 10.9. The predicted molar refractivity (Wildman–Crippen MR) is 83.7 cm³/mol. The van der Waals surface area contributed by atoms with Gasteiger partial charge in [0.05, 0.1) is 6.61 Å². The first-order chi connectivity index (χ1) is 9.33. The first-order valence-electron chi connectivity index (χ1n) is 5.04. The number of thiocarbonyl (C=S) groups is 2. The molecule has 0 aromatic rings. The number of hydrazine groups is 2. The van der Waals surface area contributed by atoms with Crippen molar-refractivity contribution in [2.24, 2.45) is 5.84 Å². The summed E-state index contributed by atoms with van der Waals surface area (Å²) in [7, 11) is 0. The topological polar surface area (TPSA) is 155 Å². The third kappa shape index (κ3) is 25.2. The number of nitrogens with two attached hydrogens (primary N) is 1. The van der Waals surface area contributed by atoms with Crippen LogP contribution in [0.1, 0.15) is 6.92 Å². The molecule has 0 bridgehead atoms. The van der Waals surface area contributed by atoms with Crippen LogP contribution in [0.4, 0.5) is 0 Å². The molecule has 0 heterocycles. The maximum absolute atomic E-state index is 10.9. The molecule has 0 aliphatic rings. The Kier molecular flexibility index (Phi) is 22.0. The number of nitrogens with one attached hydrogen (secondary N) is 3. The Morgan fingerprint density at radius 2 is 1.67 bits per heavy atom. The number of ether oxygens (including phenoxy) is 2. The summed E-state index contributed by atoms with van der Waals surface area (Å²) in [5, 5.41) is 15.4. The zero-order valence-electron chi connectivity index (χ0n) is 10.5. The van der Waals surface area contributed by atoms with E-state index in [-0.39, 0.29) is 76.4 Å². The van der Waals surface area contributed by atoms with Crippen molar-refractivity contribution < 1.29 is 29.3 Å². The monoisotopic (exact) mass is 368 g/mol. The molecule has 0 aromatic carbocycles. The fraction of sp³-hybridized carbons (Fsp3) is 0.500. The summed E-state index contributed by atoms with van der Waals surface area (Å²) in [6.45, 7) is 1.28. The minimum atomic E-state index is -0.573. The van der Waals surface area contributed by atoms with Crippen LogP contribution in [0.15, 0.2) is 0 Å². The number of esters is 1. The van der Waals surface area contributed by atoms with Crippen molar-refractivity contribution in [3.8, 4) is 0 Å². The first-order valence-corrected chi connectivity index (χ1v) is 5.85.